The molecule has 1 aromatic carbocycles. The molecule has 0 aliphatic rings. The molecule has 0 atom stereocenters. The van der Waals surface area contributed by atoms with Gasteiger partial charge in [-0.15, -0.1) is 0 Å². The van der Waals surface area contributed by atoms with Gasteiger partial charge in [-0.1, -0.05) is 17.7 Å². The molecule has 0 bridgehead atoms. The number of aryl methyl sites for hydroxylation is 1. The van der Waals surface area contributed by atoms with E-state index >= 15 is 0 Å². The number of hydrogen-bond donors (Lipinski definition) is 1. The number of carbonyl (C=O) groups excluding carboxylic acids is 1. The summed E-state index contributed by atoms with van der Waals surface area (Å²) in [6.07, 6.45) is 0. The summed E-state index contributed by atoms with van der Waals surface area (Å²) in [6, 6.07) is 3.11. The van der Waals surface area contributed by atoms with Crippen LogP contribution < -0.4 is 0 Å². The number of rotatable bonds is 3. The Morgan fingerprint density at radius 3 is 2.38 bits per heavy atom. The van der Waals surface area contributed by atoms with E-state index in [1.54, 1.807) is 0 Å². The highest BCUT2D eigenvalue weighted by atomic mass is 35.5. The Morgan fingerprint density at radius 1 is 1.38 bits per heavy atom. The van der Waals surface area contributed by atoms with E-state index in [-0.39, 0.29) is 5.02 Å². The van der Waals surface area contributed by atoms with E-state index in [1.807, 2.05) is 0 Å². The number of alkyl halides is 2. The van der Waals surface area contributed by atoms with Gasteiger partial charge in [0.2, 0.25) is 0 Å². The molecule has 0 amide bonds. The number of ketones is 1. The van der Waals surface area contributed by atoms with Crippen molar-refractivity contribution in [2.45, 2.75) is 12.8 Å². The van der Waals surface area contributed by atoms with Crippen LogP contribution in [0.25, 0.3) is 0 Å². The van der Waals surface area contributed by atoms with Crippen LogP contribution in [0.15, 0.2) is 18.2 Å². The van der Waals surface area contributed by atoms with Crippen molar-refractivity contribution in [1.29, 1.82) is 0 Å². The lowest BCUT2D eigenvalue weighted by atomic mass is 10.0. The van der Waals surface area contributed by atoms with E-state index in [2.05, 4.69) is 0 Å². The quantitative estimate of drug-likeness (QED) is 0.836. The molecule has 1 N–H and O–H groups in total. The highest BCUT2D eigenvalue weighted by Gasteiger charge is 2.45. The maximum atomic E-state index is 13.3. The van der Waals surface area contributed by atoms with Crippen LogP contribution >= 0.6 is 11.6 Å². The molecule has 0 fully saturated rings. The van der Waals surface area contributed by atoms with Gasteiger partial charge in [-0.2, -0.15) is 8.78 Å². The highest BCUT2D eigenvalue weighted by Crippen LogP contribution is 2.31. The average molecular weight is 249 g/mol. The number of benzene rings is 1. The van der Waals surface area contributed by atoms with E-state index in [9.17, 15) is 18.4 Å². The summed E-state index contributed by atoms with van der Waals surface area (Å²) in [7, 11) is 0. The second-order valence-corrected chi connectivity index (χ2v) is 3.58. The standard InChI is InChI=1S/C10H7ClF2O3/c1-5-4-6(2-3-7(5)11)10(12,13)8(14)9(15)16/h2-4H,1H3,(H,15,16). The Labute approximate surface area is 94.6 Å². The Hall–Kier alpha value is -1.49. The topological polar surface area (TPSA) is 54.4 Å². The number of carbonyl (C=O) groups is 2. The van der Waals surface area contributed by atoms with Gasteiger partial charge in [0.25, 0.3) is 0 Å². The Bertz CT molecular complexity index is 457. The van der Waals surface area contributed by atoms with E-state index in [0.29, 0.717) is 5.56 Å². The van der Waals surface area contributed by atoms with E-state index in [1.165, 1.54) is 13.0 Å². The average Bonchev–Trinajstić information content (AvgIpc) is 2.20. The maximum Gasteiger partial charge on any atom is 0.379 e. The summed E-state index contributed by atoms with van der Waals surface area (Å²) < 4.78 is 26.7. The molecule has 0 saturated carbocycles. The van der Waals surface area contributed by atoms with E-state index in [4.69, 9.17) is 16.7 Å². The molecule has 0 unspecified atom stereocenters. The van der Waals surface area contributed by atoms with Gasteiger partial charge in [0.15, 0.2) is 0 Å². The lowest BCUT2D eigenvalue weighted by Crippen LogP contribution is -2.32. The first-order valence-electron chi connectivity index (χ1n) is 4.19. The molecule has 3 nitrogen and oxygen atoms in total. The number of halogens is 3. The van der Waals surface area contributed by atoms with Crippen molar-refractivity contribution in [3.05, 3.63) is 34.3 Å². The number of hydrogen-bond acceptors (Lipinski definition) is 2. The fourth-order valence-corrected chi connectivity index (χ4v) is 1.22. The van der Waals surface area contributed by atoms with E-state index in [0.717, 1.165) is 12.1 Å². The number of carboxylic acids is 1. The molecule has 0 aliphatic heterocycles. The lowest BCUT2D eigenvalue weighted by molar-refractivity contribution is -0.163. The number of Topliss-reactive ketones (excluding diaryl/α,β-unsaturated/α-hetero) is 1. The molecule has 6 heteroatoms. The fraction of sp³-hybridized carbons (Fsp3) is 0.200. The van der Waals surface area contributed by atoms with Crippen LogP contribution in [0.4, 0.5) is 8.78 Å². The minimum Gasteiger partial charge on any atom is -0.475 e. The first-order chi connectivity index (χ1) is 7.26. The van der Waals surface area contributed by atoms with Crippen LogP contribution in [-0.2, 0) is 15.5 Å². The van der Waals surface area contributed by atoms with Crippen molar-refractivity contribution in [2.75, 3.05) is 0 Å². The zero-order valence-corrected chi connectivity index (χ0v) is 8.89. The Kier molecular flexibility index (Phi) is 3.28. The highest BCUT2D eigenvalue weighted by molar-refractivity contribution is 6.35. The van der Waals surface area contributed by atoms with Gasteiger partial charge >= 0.3 is 17.7 Å². The van der Waals surface area contributed by atoms with Crippen LogP contribution in [0.3, 0.4) is 0 Å². The summed E-state index contributed by atoms with van der Waals surface area (Å²) >= 11 is 5.63. The third-order valence-corrected chi connectivity index (χ3v) is 2.42. The van der Waals surface area contributed by atoms with Gasteiger partial charge in [-0.3, -0.25) is 4.79 Å². The van der Waals surface area contributed by atoms with Gasteiger partial charge in [-0.05, 0) is 24.6 Å². The minimum atomic E-state index is -4.04. The predicted molar refractivity (Wildman–Crippen MR) is 52.7 cm³/mol. The van der Waals surface area contributed by atoms with Gasteiger partial charge < -0.3 is 5.11 Å². The molecule has 1 aromatic rings. The number of carboxylic acid groups (broad SMARTS) is 1. The molecule has 0 spiro atoms. The normalized spacial score (nSPS) is 11.2. The molecule has 0 aromatic heterocycles. The molecule has 0 heterocycles. The SMILES string of the molecule is Cc1cc(C(F)(F)C(=O)C(=O)O)ccc1Cl. The maximum absolute atomic E-state index is 13.3. The third kappa shape index (κ3) is 2.19. The Morgan fingerprint density at radius 2 is 1.94 bits per heavy atom. The molecule has 0 saturated heterocycles. The molecular weight excluding hydrogens is 242 g/mol. The molecule has 16 heavy (non-hydrogen) atoms. The minimum absolute atomic E-state index is 0.266. The van der Waals surface area contributed by atoms with Crippen LogP contribution in [0.1, 0.15) is 11.1 Å². The largest absolute Gasteiger partial charge is 0.475 e. The van der Waals surface area contributed by atoms with E-state index < -0.39 is 23.2 Å². The van der Waals surface area contributed by atoms with Crippen LogP contribution in [0.5, 0.6) is 0 Å². The number of aliphatic carboxylic acids is 1. The summed E-state index contributed by atoms with van der Waals surface area (Å²) in [6.45, 7) is 1.48. The molecule has 0 radical (unpaired) electrons. The van der Waals surface area contributed by atoms with Crippen molar-refractivity contribution in [3.63, 3.8) is 0 Å². The van der Waals surface area contributed by atoms with Crippen molar-refractivity contribution < 1.29 is 23.5 Å². The van der Waals surface area contributed by atoms with Crippen LogP contribution in [-0.4, -0.2) is 16.9 Å². The smallest absolute Gasteiger partial charge is 0.379 e. The first kappa shape index (κ1) is 12.6. The zero-order valence-electron chi connectivity index (χ0n) is 8.13. The van der Waals surface area contributed by atoms with Gasteiger partial charge in [0, 0.05) is 10.6 Å². The van der Waals surface area contributed by atoms with Crippen molar-refractivity contribution >= 4 is 23.4 Å². The lowest BCUT2D eigenvalue weighted by Gasteiger charge is -2.13. The van der Waals surface area contributed by atoms with Crippen LogP contribution in [0.2, 0.25) is 5.02 Å². The van der Waals surface area contributed by atoms with Gasteiger partial charge in [-0.25, -0.2) is 4.79 Å². The Balaban J connectivity index is 3.21. The zero-order chi connectivity index (χ0) is 12.5. The summed E-state index contributed by atoms with van der Waals surface area (Å²) in [4.78, 5) is 21.0. The summed E-state index contributed by atoms with van der Waals surface area (Å²) in [5, 5.41) is 8.51. The fourth-order valence-electron chi connectivity index (χ4n) is 1.11. The van der Waals surface area contributed by atoms with Gasteiger partial charge in [0.1, 0.15) is 0 Å². The van der Waals surface area contributed by atoms with Gasteiger partial charge in [0.05, 0.1) is 0 Å². The second kappa shape index (κ2) is 4.17. The van der Waals surface area contributed by atoms with Crippen molar-refractivity contribution in [3.8, 4) is 0 Å². The molecule has 1 rings (SSSR count). The first-order valence-corrected chi connectivity index (χ1v) is 4.56. The second-order valence-electron chi connectivity index (χ2n) is 3.17. The monoisotopic (exact) mass is 248 g/mol. The van der Waals surface area contributed by atoms with Crippen molar-refractivity contribution in [1.82, 2.24) is 0 Å². The summed E-state index contributed by atoms with van der Waals surface area (Å²) in [5.41, 5.74) is -0.334. The van der Waals surface area contributed by atoms with Crippen molar-refractivity contribution in [2.24, 2.45) is 0 Å². The molecule has 0 aliphatic carbocycles. The molecular formula is C10H7ClF2O3. The third-order valence-electron chi connectivity index (χ3n) is 2.00. The van der Waals surface area contributed by atoms with Crippen LogP contribution in [0, 0.1) is 6.92 Å². The predicted octanol–water partition coefficient (Wildman–Crippen LogP) is 2.39. The summed E-state index contributed by atoms with van der Waals surface area (Å²) in [5.74, 6) is -8.37. The molecule has 86 valence electrons.